The molecule has 1 unspecified atom stereocenters. The SMILES string of the molecule is CCC(C)N(C)CCN=C(N)Nc1cccc2c1CCCC2.I. The van der Waals surface area contributed by atoms with Crippen molar-refractivity contribution in [2.24, 2.45) is 10.7 Å². The van der Waals surface area contributed by atoms with E-state index < -0.39 is 0 Å². The van der Waals surface area contributed by atoms with Crippen molar-refractivity contribution < 1.29 is 0 Å². The molecule has 5 heteroatoms. The molecule has 0 radical (unpaired) electrons. The molecule has 1 aliphatic rings. The number of benzene rings is 1. The van der Waals surface area contributed by atoms with E-state index in [2.05, 4.69) is 54.3 Å². The molecule has 0 aliphatic heterocycles. The van der Waals surface area contributed by atoms with E-state index in [9.17, 15) is 0 Å². The second-order valence-corrected chi connectivity index (χ2v) is 6.28. The van der Waals surface area contributed by atoms with Crippen LogP contribution in [0.3, 0.4) is 0 Å². The molecule has 1 aliphatic carbocycles. The van der Waals surface area contributed by atoms with Crippen molar-refractivity contribution in [1.82, 2.24) is 4.90 Å². The van der Waals surface area contributed by atoms with Gasteiger partial charge in [-0.05, 0) is 63.3 Å². The highest BCUT2D eigenvalue weighted by Gasteiger charge is 2.13. The van der Waals surface area contributed by atoms with Gasteiger partial charge in [-0.1, -0.05) is 19.1 Å². The minimum absolute atomic E-state index is 0. The Balaban J connectivity index is 0.00000264. The van der Waals surface area contributed by atoms with Gasteiger partial charge in [-0.2, -0.15) is 0 Å². The van der Waals surface area contributed by atoms with E-state index in [1.54, 1.807) is 0 Å². The molecule has 2 rings (SSSR count). The van der Waals surface area contributed by atoms with Gasteiger partial charge < -0.3 is 16.0 Å². The average molecular weight is 430 g/mol. The van der Waals surface area contributed by atoms with Crippen LogP contribution in [-0.4, -0.2) is 37.0 Å². The largest absolute Gasteiger partial charge is 0.370 e. The molecular weight excluding hydrogens is 399 g/mol. The zero-order chi connectivity index (χ0) is 15.9. The minimum Gasteiger partial charge on any atom is -0.370 e. The van der Waals surface area contributed by atoms with Gasteiger partial charge in [0.1, 0.15) is 0 Å². The van der Waals surface area contributed by atoms with Crippen molar-refractivity contribution in [3.63, 3.8) is 0 Å². The van der Waals surface area contributed by atoms with Crippen LogP contribution in [0.5, 0.6) is 0 Å². The number of halogens is 1. The van der Waals surface area contributed by atoms with Crippen LogP contribution in [0.2, 0.25) is 0 Å². The van der Waals surface area contributed by atoms with Crippen LogP contribution in [-0.2, 0) is 12.8 Å². The lowest BCUT2D eigenvalue weighted by Crippen LogP contribution is -2.32. The Morgan fingerprint density at radius 1 is 1.35 bits per heavy atom. The fourth-order valence-electron chi connectivity index (χ4n) is 2.94. The van der Waals surface area contributed by atoms with Crippen molar-refractivity contribution in [2.45, 2.75) is 52.0 Å². The molecule has 1 atom stereocenters. The monoisotopic (exact) mass is 430 g/mol. The molecule has 0 fully saturated rings. The number of anilines is 1. The Labute approximate surface area is 157 Å². The predicted octanol–water partition coefficient (Wildman–Crippen LogP) is 3.64. The summed E-state index contributed by atoms with van der Waals surface area (Å²) in [6.07, 6.45) is 6.04. The van der Waals surface area contributed by atoms with Crippen LogP contribution in [0.15, 0.2) is 23.2 Å². The summed E-state index contributed by atoms with van der Waals surface area (Å²) in [5.74, 6) is 0.525. The van der Waals surface area contributed by atoms with E-state index >= 15 is 0 Å². The van der Waals surface area contributed by atoms with Gasteiger partial charge in [0, 0.05) is 18.3 Å². The third-order valence-corrected chi connectivity index (χ3v) is 4.74. The molecule has 0 amide bonds. The van der Waals surface area contributed by atoms with Crippen molar-refractivity contribution in [2.75, 3.05) is 25.5 Å². The number of guanidine groups is 1. The van der Waals surface area contributed by atoms with E-state index in [-0.39, 0.29) is 24.0 Å². The predicted molar refractivity (Wildman–Crippen MR) is 111 cm³/mol. The summed E-state index contributed by atoms with van der Waals surface area (Å²) in [5.41, 5.74) is 10.1. The number of nitrogens with one attached hydrogen (secondary N) is 1. The van der Waals surface area contributed by atoms with Gasteiger partial charge in [0.05, 0.1) is 6.54 Å². The third-order valence-electron chi connectivity index (χ3n) is 4.74. The minimum atomic E-state index is 0. The number of nitrogens with two attached hydrogens (primary N) is 1. The van der Waals surface area contributed by atoms with Crippen LogP contribution in [0.1, 0.15) is 44.2 Å². The summed E-state index contributed by atoms with van der Waals surface area (Å²) in [4.78, 5) is 6.79. The van der Waals surface area contributed by atoms with Crippen LogP contribution in [0.4, 0.5) is 5.69 Å². The summed E-state index contributed by atoms with van der Waals surface area (Å²) in [5, 5.41) is 3.30. The van der Waals surface area contributed by atoms with E-state index in [0.29, 0.717) is 12.0 Å². The summed E-state index contributed by atoms with van der Waals surface area (Å²) < 4.78 is 0. The lowest BCUT2D eigenvalue weighted by atomic mass is 9.90. The topological polar surface area (TPSA) is 53.6 Å². The summed E-state index contributed by atoms with van der Waals surface area (Å²) in [7, 11) is 2.14. The average Bonchev–Trinajstić information content (AvgIpc) is 2.54. The van der Waals surface area contributed by atoms with Crippen molar-refractivity contribution >= 4 is 35.6 Å². The van der Waals surface area contributed by atoms with E-state index in [4.69, 9.17) is 5.73 Å². The summed E-state index contributed by atoms with van der Waals surface area (Å²) >= 11 is 0. The standard InChI is InChI=1S/C18H30N4.HI/c1-4-14(2)22(3)13-12-20-18(19)21-17-11-7-9-15-8-5-6-10-16(15)17;/h7,9,11,14H,4-6,8,10,12-13H2,1-3H3,(H3,19,20,21);1H. The summed E-state index contributed by atoms with van der Waals surface area (Å²) in [6, 6.07) is 7.04. The lowest BCUT2D eigenvalue weighted by molar-refractivity contribution is 0.259. The maximum atomic E-state index is 6.05. The Morgan fingerprint density at radius 3 is 2.83 bits per heavy atom. The Hall–Kier alpha value is -0.820. The molecule has 1 aromatic carbocycles. The molecule has 130 valence electrons. The number of aliphatic imine (C=N–C) groups is 1. The molecule has 1 aromatic rings. The van der Waals surface area contributed by atoms with Gasteiger partial charge in [-0.25, -0.2) is 0 Å². The first-order valence-corrected chi connectivity index (χ1v) is 8.49. The van der Waals surface area contributed by atoms with Crippen LogP contribution in [0.25, 0.3) is 0 Å². The summed E-state index contributed by atoms with van der Waals surface area (Å²) in [6.45, 7) is 6.11. The van der Waals surface area contributed by atoms with Gasteiger partial charge in [0.2, 0.25) is 0 Å². The van der Waals surface area contributed by atoms with Crippen LogP contribution >= 0.6 is 24.0 Å². The molecule has 3 N–H and O–H groups in total. The number of likely N-dealkylation sites (N-methyl/N-ethyl adjacent to an activating group) is 1. The molecule has 0 heterocycles. The molecule has 23 heavy (non-hydrogen) atoms. The molecule has 0 saturated heterocycles. The molecule has 0 saturated carbocycles. The molecule has 0 bridgehead atoms. The highest BCUT2D eigenvalue weighted by atomic mass is 127. The number of hydrogen-bond acceptors (Lipinski definition) is 2. The van der Waals surface area contributed by atoms with E-state index in [1.165, 1.54) is 30.4 Å². The Kier molecular flexibility index (Phi) is 8.91. The highest BCUT2D eigenvalue weighted by molar-refractivity contribution is 14.0. The van der Waals surface area contributed by atoms with Crippen LogP contribution < -0.4 is 11.1 Å². The fourth-order valence-corrected chi connectivity index (χ4v) is 2.94. The highest BCUT2D eigenvalue weighted by Crippen LogP contribution is 2.27. The van der Waals surface area contributed by atoms with Gasteiger partial charge >= 0.3 is 0 Å². The van der Waals surface area contributed by atoms with Crippen molar-refractivity contribution in [3.8, 4) is 0 Å². The number of rotatable bonds is 6. The Morgan fingerprint density at radius 2 is 2.09 bits per heavy atom. The first-order valence-electron chi connectivity index (χ1n) is 8.49. The van der Waals surface area contributed by atoms with Crippen molar-refractivity contribution in [3.05, 3.63) is 29.3 Å². The number of nitrogens with zero attached hydrogens (tertiary/aromatic N) is 2. The third kappa shape index (κ3) is 5.95. The number of fused-ring (bicyclic) bond motifs is 1. The maximum Gasteiger partial charge on any atom is 0.193 e. The van der Waals surface area contributed by atoms with Gasteiger partial charge in [-0.3, -0.25) is 4.99 Å². The Bertz CT molecular complexity index is 516. The molecule has 4 nitrogen and oxygen atoms in total. The zero-order valence-electron chi connectivity index (χ0n) is 14.6. The lowest BCUT2D eigenvalue weighted by Gasteiger charge is -2.22. The second kappa shape index (κ2) is 10.1. The first-order chi connectivity index (χ1) is 10.6. The zero-order valence-corrected chi connectivity index (χ0v) is 17.0. The smallest absolute Gasteiger partial charge is 0.193 e. The maximum absolute atomic E-state index is 6.05. The van der Waals surface area contributed by atoms with Gasteiger partial charge in [-0.15, -0.1) is 24.0 Å². The van der Waals surface area contributed by atoms with Crippen molar-refractivity contribution in [1.29, 1.82) is 0 Å². The fraction of sp³-hybridized carbons (Fsp3) is 0.611. The molecule has 0 spiro atoms. The normalized spacial score (nSPS) is 15.7. The molecular formula is C18H31IN4. The second-order valence-electron chi connectivity index (χ2n) is 6.28. The van der Waals surface area contributed by atoms with E-state index in [1.807, 2.05) is 0 Å². The number of aryl methyl sites for hydroxylation is 1. The first kappa shape index (κ1) is 20.2. The van der Waals surface area contributed by atoms with Crippen LogP contribution in [0, 0.1) is 0 Å². The number of hydrogen-bond donors (Lipinski definition) is 2. The van der Waals surface area contributed by atoms with Gasteiger partial charge in [0.25, 0.3) is 0 Å². The van der Waals surface area contributed by atoms with Gasteiger partial charge in [0.15, 0.2) is 5.96 Å². The quantitative estimate of drug-likeness (QED) is 0.412. The van der Waals surface area contributed by atoms with E-state index in [0.717, 1.165) is 31.6 Å². The molecule has 0 aromatic heterocycles.